The van der Waals surface area contributed by atoms with Gasteiger partial charge >= 0.3 is 11.9 Å². The summed E-state index contributed by atoms with van der Waals surface area (Å²) in [5, 5.41) is 40.4. The van der Waals surface area contributed by atoms with Crippen LogP contribution in [0.5, 0.6) is 5.75 Å². The molecule has 5 N–H and O–H groups in total. The quantitative estimate of drug-likeness (QED) is 0.0902. The number of nitrogens with one attached hydrogen (secondary N) is 2. The molecule has 0 radical (unpaired) electrons. The lowest BCUT2D eigenvalue weighted by Gasteiger charge is -2.22. The van der Waals surface area contributed by atoms with Crippen molar-refractivity contribution in [3.8, 4) is 28.2 Å². The van der Waals surface area contributed by atoms with Crippen LogP contribution in [-0.4, -0.2) is 37.2 Å². The summed E-state index contributed by atoms with van der Waals surface area (Å²) in [7, 11) is 0. The van der Waals surface area contributed by atoms with E-state index in [4.69, 9.17) is 16.0 Å². The summed E-state index contributed by atoms with van der Waals surface area (Å²) >= 11 is 6.68. The van der Waals surface area contributed by atoms with E-state index in [1.165, 1.54) is 36.4 Å². The molecule has 8 rings (SSSR count). The molecule has 6 aromatic rings. The molecule has 1 aliphatic carbocycles. The maximum Gasteiger partial charge on any atom is 0.336 e. The van der Waals surface area contributed by atoms with Gasteiger partial charge in [0, 0.05) is 52.8 Å². The monoisotopic (exact) mass is 722 g/mol. The van der Waals surface area contributed by atoms with Crippen molar-refractivity contribution in [3.63, 3.8) is 0 Å². The molecule has 0 saturated carbocycles. The molecule has 0 bridgehead atoms. The molecule has 0 spiro atoms. The number of pyridine rings is 2. The first kappa shape index (κ1) is 33.2. The van der Waals surface area contributed by atoms with Gasteiger partial charge in [-0.3, -0.25) is 14.8 Å². The number of rotatable bonds is 9. The lowest BCUT2D eigenvalue weighted by molar-refractivity contribution is 0.0682. The van der Waals surface area contributed by atoms with Gasteiger partial charge in [0.2, 0.25) is 0 Å². The van der Waals surface area contributed by atoms with E-state index in [1.54, 1.807) is 12.4 Å². The second kappa shape index (κ2) is 13.3. The molecule has 2 aliphatic rings. The van der Waals surface area contributed by atoms with Crippen molar-refractivity contribution in [2.24, 2.45) is 0 Å². The van der Waals surface area contributed by atoms with E-state index in [1.807, 2.05) is 60.7 Å². The predicted molar refractivity (Wildman–Crippen MR) is 203 cm³/mol. The molecule has 0 saturated heterocycles. The Morgan fingerprint density at radius 1 is 0.717 bits per heavy atom. The third-order valence-electron chi connectivity index (χ3n) is 9.21. The van der Waals surface area contributed by atoms with Gasteiger partial charge in [0.15, 0.2) is 5.43 Å². The van der Waals surface area contributed by atoms with Crippen LogP contribution in [0.4, 0.5) is 11.4 Å². The topological polar surface area (TPSA) is 175 Å². The standard InChI is InChI=1S/C41H27ClN4O7/c42-30-18-27-34(26-17-23(40(49)50)11-12-24(26)41(51)52)25-13-14-33(47)28(19-45-31-9-1-5-21-7-3-15-43-35(21)31)38(25)53-39(27)29(37(30)48)20-46-32-10-2-6-22-8-4-16-44-36(22)32/h1-18,45-46,48H,19-20H2,(H,49,50)(H,51,52). The van der Waals surface area contributed by atoms with Gasteiger partial charge in [-0.25, -0.2) is 9.59 Å². The molecule has 0 fully saturated rings. The molecule has 4 aromatic carbocycles. The van der Waals surface area contributed by atoms with E-state index in [-0.39, 0.29) is 79.4 Å². The highest BCUT2D eigenvalue weighted by Gasteiger charge is 2.28. The summed E-state index contributed by atoms with van der Waals surface area (Å²) in [4.78, 5) is 47.5. The maximum absolute atomic E-state index is 13.7. The van der Waals surface area contributed by atoms with Crippen molar-refractivity contribution >= 4 is 67.7 Å². The molecule has 3 heterocycles. The summed E-state index contributed by atoms with van der Waals surface area (Å²) < 4.78 is 6.62. The zero-order valence-electron chi connectivity index (χ0n) is 27.6. The largest absolute Gasteiger partial charge is 0.506 e. The van der Waals surface area contributed by atoms with Crippen LogP contribution in [0.2, 0.25) is 5.02 Å². The smallest absolute Gasteiger partial charge is 0.336 e. The van der Waals surface area contributed by atoms with Crippen LogP contribution in [0.3, 0.4) is 0 Å². The molecule has 0 unspecified atom stereocenters. The number of halogens is 1. The highest BCUT2D eigenvalue weighted by Crippen LogP contribution is 2.47. The molecular formula is C41H27ClN4O7. The molecular weight excluding hydrogens is 696 g/mol. The van der Waals surface area contributed by atoms with Gasteiger partial charge in [-0.15, -0.1) is 0 Å². The summed E-state index contributed by atoms with van der Waals surface area (Å²) in [6.45, 7) is -0.0452. The number of phenolic OH excluding ortho intramolecular Hbond substituents is 1. The number of aromatic nitrogens is 2. The molecule has 53 heavy (non-hydrogen) atoms. The van der Waals surface area contributed by atoms with Crippen molar-refractivity contribution in [1.82, 2.24) is 9.97 Å². The van der Waals surface area contributed by atoms with Crippen LogP contribution in [0, 0.1) is 0 Å². The first-order chi connectivity index (χ1) is 25.7. The molecule has 1 aliphatic heterocycles. The summed E-state index contributed by atoms with van der Waals surface area (Å²) in [6.07, 6.45) is 3.34. The zero-order valence-corrected chi connectivity index (χ0v) is 28.3. The van der Waals surface area contributed by atoms with E-state index in [0.717, 1.165) is 10.8 Å². The summed E-state index contributed by atoms with van der Waals surface area (Å²) in [5.74, 6) is -2.77. The number of anilines is 2. The number of hydrogen-bond acceptors (Lipinski definition) is 9. The minimum atomic E-state index is -1.31. The van der Waals surface area contributed by atoms with Gasteiger partial charge < -0.3 is 30.4 Å². The first-order valence-electron chi connectivity index (χ1n) is 16.4. The lowest BCUT2D eigenvalue weighted by atomic mass is 9.87. The molecule has 260 valence electrons. The summed E-state index contributed by atoms with van der Waals surface area (Å²) in [5.41, 5.74) is 3.14. The Morgan fingerprint density at radius 2 is 1.34 bits per heavy atom. The normalized spacial score (nSPS) is 11.3. The van der Waals surface area contributed by atoms with E-state index in [0.29, 0.717) is 28.0 Å². The lowest BCUT2D eigenvalue weighted by Crippen LogP contribution is -2.15. The van der Waals surface area contributed by atoms with Crippen LogP contribution < -0.4 is 16.1 Å². The number of aromatic carboxylic acids is 2. The number of nitrogens with zero attached hydrogens (tertiary/aromatic N) is 2. The SMILES string of the molecule is O=C(O)c1ccc(C(=O)O)c(-c2c3ccc(=O)c(CNc4cccc5cccnc45)c-3oc3c(CNc4cccc5cccnc45)c(O)c(Cl)cc23)c1. The fourth-order valence-corrected chi connectivity index (χ4v) is 6.92. The van der Waals surface area contributed by atoms with Crippen LogP contribution >= 0.6 is 11.6 Å². The van der Waals surface area contributed by atoms with Crippen molar-refractivity contribution in [1.29, 1.82) is 0 Å². The Kier molecular flexibility index (Phi) is 8.32. The number of carboxylic acid groups (broad SMARTS) is 2. The molecule has 12 heteroatoms. The highest BCUT2D eigenvalue weighted by atomic mass is 35.5. The van der Waals surface area contributed by atoms with E-state index < -0.39 is 11.9 Å². The average Bonchev–Trinajstić information content (AvgIpc) is 3.17. The van der Waals surface area contributed by atoms with Gasteiger partial charge in [0.25, 0.3) is 0 Å². The first-order valence-corrected chi connectivity index (χ1v) is 16.8. The predicted octanol–water partition coefficient (Wildman–Crippen LogP) is 8.64. The maximum atomic E-state index is 13.7. The van der Waals surface area contributed by atoms with Crippen LogP contribution in [-0.2, 0) is 13.1 Å². The zero-order chi connectivity index (χ0) is 36.8. The molecule has 0 amide bonds. The fourth-order valence-electron chi connectivity index (χ4n) is 6.70. The van der Waals surface area contributed by atoms with E-state index >= 15 is 0 Å². The van der Waals surface area contributed by atoms with Gasteiger partial charge in [0.1, 0.15) is 17.1 Å². The van der Waals surface area contributed by atoms with Crippen molar-refractivity contribution in [3.05, 3.63) is 147 Å². The van der Waals surface area contributed by atoms with Crippen LogP contribution in [0.15, 0.2) is 119 Å². The highest BCUT2D eigenvalue weighted by molar-refractivity contribution is 6.33. The Morgan fingerprint density at radius 3 is 1.96 bits per heavy atom. The number of carbonyl (C=O) groups is 2. The third kappa shape index (κ3) is 5.88. The number of hydrogen-bond donors (Lipinski definition) is 5. The van der Waals surface area contributed by atoms with Gasteiger partial charge in [-0.1, -0.05) is 48.0 Å². The Hall–Kier alpha value is -6.98. The number of aromatic hydroxyl groups is 1. The van der Waals surface area contributed by atoms with Crippen molar-refractivity contribution in [2.45, 2.75) is 13.1 Å². The van der Waals surface area contributed by atoms with E-state index in [9.17, 15) is 29.7 Å². The van der Waals surface area contributed by atoms with E-state index in [2.05, 4.69) is 20.6 Å². The van der Waals surface area contributed by atoms with Crippen LogP contribution in [0.25, 0.3) is 55.2 Å². The Labute approximate surface area is 305 Å². The molecule has 0 atom stereocenters. The fraction of sp³-hybridized carbons (Fsp3) is 0.0488. The average molecular weight is 723 g/mol. The minimum Gasteiger partial charge on any atom is -0.506 e. The second-order valence-corrected chi connectivity index (χ2v) is 12.7. The number of phenols is 1. The Balaban J connectivity index is 1.38. The molecule has 2 aromatic heterocycles. The summed E-state index contributed by atoms with van der Waals surface area (Å²) in [6, 6.07) is 26.7. The second-order valence-electron chi connectivity index (χ2n) is 12.3. The van der Waals surface area contributed by atoms with Gasteiger partial charge in [0.05, 0.1) is 49.7 Å². The van der Waals surface area contributed by atoms with Gasteiger partial charge in [-0.2, -0.15) is 0 Å². The van der Waals surface area contributed by atoms with Crippen LogP contribution in [0.1, 0.15) is 31.8 Å². The van der Waals surface area contributed by atoms with Gasteiger partial charge in [-0.05, 0) is 66.2 Å². The number of carboxylic acids is 2. The number of para-hydroxylation sites is 2. The molecule has 11 nitrogen and oxygen atoms in total. The number of fused-ring (bicyclic) bond motifs is 4. The van der Waals surface area contributed by atoms with Crippen molar-refractivity contribution < 1.29 is 29.3 Å². The third-order valence-corrected chi connectivity index (χ3v) is 9.49. The van der Waals surface area contributed by atoms with Crippen molar-refractivity contribution in [2.75, 3.05) is 10.6 Å². The number of benzene rings is 5. The Bertz CT molecular complexity index is 2810. The minimum absolute atomic E-state index is 0.0178.